The number of carbonyl (C=O) groups excluding carboxylic acids is 1. The Kier molecular flexibility index (Phi) is 7.76. The molecule has 1 N–H and O–H groups in total. The van der Waals surface area contributed by atoms with Crippen LogP contribution in [0.2, 0.25) is 0 Å². The standard InChI is InChI=1S/C25H27NO5/c1-4-30-22-14-11-19(25(27)26-16-18-9-12-21(28-2)13-10-18)15-20(22)17-31-24-8-6-5-7-23(24)29-3/h5-15H,4,16-17H2,1-3H3,(H,26,27). The number of benzene rings is 3. The molecule has 0 aliphatic carbocycles. The molecule has 0 saturated carbocycles. The van der Waals surface area contributed by atoms with Gasteiger partial charge in [0.05, 0.1) is 20.8 Å². The van der Waals surface area contributed by atoms with Gasteiger partial charge in [-0.15, -0.1) is 0 Å². The Labute approximate surface area is 182 Å². The number of rotatable bonds is 10. The zero-order valence-corrected chi connectivity index (χ0v) is 18.0. The van der Waals surface area contributed by atoms with Crippen molar-refractivity contribution >= 4 is 5.91 Å². The van der Waals surface area contributed by atoms with Crippen LogP contribution in [0.1, 0.15) is 28.4 Å². The van der Waals surface area contributed by atoms with Crippen molar-refractivity contribution in [2.24, 2.45) is 0 Å². The van der Waals surface area contributed by atoms with Gasteiger partial charge in [0, 0.05) is 17.7 Å². The number of amides is 1. The summed E-state index contributed by atoms with van der Waals surface area (Å²) in [5.74, 6) is 2.57. The van der Waals surface area contributed by atoms with E-state index < -0.39 is 0 Å². The summed E-state index contributed by atoms with van der Waals surface area (Å²) in [6.07, 6.45) is 0. The minimum Gasteiger partial charge on any atom is -0.497 e. The van der Waals surface area contributed by atoms with Gasteiger partial charge in [-0.3, -0.25) is 4.79 Å². The van der Waals surface area contributed by atoms with Crippen LogP contribution in [0.15, 0.2) is 66.7 Å². The second-order valence-corrected chi connectivity index (χ2v) is 6.73. The topological polar surface area (TPSA) is 66.0 Å². The van der Waals surface area contributed by atoms with Crippen molar-refractivity contribution in [2.75, 3.05) is 20.8 Å². The van der Waals surface area contributed by atoms with Gasteiger partial charge in [0.2, 0.25) is 0 Å². The van der Waals surface area contributed by atoms with E-state index in [4.69, 9.17) is 18.9 Å². The van der Waals surface area contributed by atoms with E-state index in [2.05, 4.69) is 5.32 Å². The Morgan fingerprint density at radius 2 is 1.58 bits per heavy atom. The first-order valence-electron chi connectivity index (χ1n) is 10.1. The molecule has 0 fully saturated rings. The molecule has 3 aromatic carbocycles. The van der Waals surface area contributed by atoms with Crippen LogP contribution in [-0.4, -0.2) is 26.7 Å². The second kappa shape index (κ2) is 10.9. The third-order valence-electron chi connectivity index (χ3n) is 4.69. The highest BCUT2D eigenvalue weighted by molar-refractivity contribution is 5.94. The summed E-state index contributed by atoms with van der Waals surface area (Å²) in [5, 5.41) is 2.94. The number of para-hydroxylation sites is 2. The Hall–Kier alpha value is -3.67. The highest BCUT2D eigenvalue weighted by atomic mass is 16.5. The van der Waals surface area contributed by atoms with Gasteiger partial charge in [-0.1, -0.05) is 24.3 Å². The van der Waals surface area contributed by atoms with Crippen LogP contribution < -0.4 is 24.3 Å². The van der Waals surface area contributed by atoms with Crippen molar-refractivity contribution in [2.45, 2.75) is 20.1 Å². The number of hydrogen-bond donors (Lipinski definition) is 1. The van der Waals surface area contributed by atoms with Gasteiger partial charge >= 0.3 is 0 Å². The predicted molar refractivity (Wildman–Crippen MR) is 119 cm³/mol. The molecule has 0 unspecified atom stereocenters. The maximum atomic E-state index is 12.7. The fourth-order valence-electron chi connectivity index (χ4n) is 3.05. The smallest absolute Gasteiger partial charge is 0.251 e. The second-order valence-electron chi connectivity index (χ2n) is 6.73. The summed E-state index contributed by atoms with van der Waals surface area (Å²) < 4.78 is 22.1. The number of carbonyl (C=O) groups is 1. The van der Waals surface area contributed by atoms with Gasteiger partial charge in [-0.2, -0.15) is 0 Å². The Morgan fingerprint density at radius 3 is 2.26 bits per heavy atom. The Morgan fingerprint density at radius 1 is 0.839 bits per heavy atom. The van der Waals surface area contributed by atoms with Crippen molar-refractivity contribution in [3.05, 3.63) is 83.4 Å². The summed E-state index contributed by atoms with van der Waals surface area (Å²) in [6, 6.07) is 20.4. The first-order chi connectivity index (χ1) is 15.1. The molecular weight excluding hydrogens is 394 g/mol. The molecule has 0 saturated heterocycles. The summed E-state index contributed by atoms with van der Waals surface area (Å²) in [4.78, 5) is 12.7. The highest BCUT2D eigenvalue weighted by Gasteiger charge is 2.12. The molecule has 3 aromatic rings. The van der Waals surface area contributed by atoms with Gasteiger partial charge < -0.3 is 24.3 Å². The maximum Gasteiger partial charge on any atom is 0.251 e. The SMILES string of the molecule is CCOc1ccc(C(=O)NCc2ccc(OC)cc2)cc1COc1ccccc1OC. The van der Waals surface area contributed by atoms with Crippen molar-refractivity contribution < 1.29 is 23.7 Å². The van der Waals surface area contributed by atoms with Crippen molar-refractivity contribution in [1.82, 2.24) is 5.32 Å². The van der Waals surface area contributed by atoms with Crippen molar-refractivity contribution in [3.8, 4) is 23.0 Å². The van der Waals surface area contributed by atoms with E-state index in [0.29, 0.717) is 36.0 Å². The van der Waals surface area contributed by atoms with E-state index >= 15 is 0 Å². The summed E-state index contributed by atoms with van der Waals surface area (Å²) in [5.41, 5.74) is 2.31. The molecule has 0 heterocycles. The molecule has 6 heteroatoms. The van der Waals surface area contributed by atoms with E-state index in [0.717, 1.165) is 16.9 Å². The van der Waals surface area contributed by atoms with Gasteiger partial charge in [0.25, 0.3) is 5.91 Å². The molecule has 162 valence electrons. The molecule has 0 aliphatic rings. The van der Waals surface area contributed by atoms with E-state index in [1.165, 1.54) is 0 Å². The van der Waals surface area contributed by atoms with Crippen LogP contribution in [0.25, 0.3) is 0 Å². The van der Waals surface area contributed by atoms with Gasteiger partial charge in [0.1, 0.15) is 18.1 Å². The fourth-order valence-corrected chi connectivity index (χ4v) is 3.05. The molecule has 0 aliphatic heterocycles. The molecule has 1 amide bonds. The van der Waals surface area contributed by atoms with E-state index in [1.807, 2.05) is 55.5 Å². The molecular formula is C25H27NO5. The third kappa shape index (κ3) is 5.92. The normalized spacial score (nSPS) is 10.3. The van der Waals surface area contributed by atoms with Crippen LogP contribution in [0.3, 0.4) is 0 Å². The highest BCUT2D eigenvalue weighted by Crippen LogP contribution is 2.28. The predicted octanol–water partition coefficient (Wildman–Crippen LogP) is 4.61. The fraction of sp³-hybridized carbons (Fsp3) is 0.240. The third-order valence-corrected chi connectivity index (χ3v) is 4.69. The zero-order chi connectivity index (χ0) is 22.1. The molecule has 3 rings (SSSR count). The van der Waals surface area contributed by atoms with Crippen molar-refractivity contribution in [3.63, 3.8) is 0 Å². The van der Waals surface area contributed by atoms with E-state index in [1.54, 1.807) is 32.4 Å². The number of hydrogen-bond acceptors (Lipinski definition) is 5. The zero-order valence-electron chi connectivity index (χ0n) is 18.0. The average Bonchev–Trinajstić information content (AvgIpc) is 2.82. The summed E-state index contributed by atoms with van der Waals surface area (Å²) >= 11 is 0. The van der Waals surface area contributed by atoms with E-state index in [9.17, 15) is 4.79 Å². The maximum absolute atomic E-state index is 12.7. The van der Waals surface area contributed by atoms with Crippen molar-refractivity contribution in [1.29, 1.82) is 0 Å². The molecule has 0 aromatic heterocycles. The lowest BCUT2D eigenvalue weighted by atomic mass is 10.1. The minimum atomic E-state index is -0.169. The molecule has 0 radical (unpaired) electrons. The first kappa shape index (κ1) is 22.0. The Bertz CT molecular complexity index is 1000. The largest absolute Gasteiger partial charge is 0.497 e. The van der Waals surface area contributed by atoms with Crippen LogP contribution in [-0.2, 0) is 13.2 Å². The molecule has 0 atom stereocenters. The van der Waals surface area contributed by atoms with Crippen LogP contribution in [0.4, 0.5) is 0 Å². The van der Waals surface area contributed by atoms with Crippen LogP contribution in [0.5, 0.6) is 23.0 Å². The van der Waals surface area contributed by atoms with Crippen LogP contribution >= 0.6 is 0 Å². The molecule has 0 spiro atoms. The number of nitrogens with one attached hydrogen (secondary N) is 1. The quantitative estimate of drug-likeness (QED) is 0.518. The number of ether oxygens (including phenoxy) is 4. The van der Waals surface area contributed by atoms with Crippen LogP contribution in [0, 0.1) is 0 Å². The Balaban J connectivity index is 1.71. The van der Waals surface area contributed by atoms with Gasteiger partial charge in [0.15, 0.2) is 11.5 Å². The lowest BCUT2D eigenvalue weighted by Crippen LogP contribution is -2.23. The molecule has 0 bridgehead atoms. The first-order valence-corrected chi connectivity index (χ1v) is 10.1. The number of methoxy groups -OCH3 is 2. The minimum absolute atomic E-state index is 0.169. The molecule has 31 heavy (non-hydrogen) atoms. The van der Waals surface area contributed by atoms with Gasteiger partial charge in [-0.25, -0.2) is 0 Å². The average molecular weight is 421 g/mol. The summed E-state index contributed by atoms with van der Waals surface area (Å²) in [6.45, 7) is 3.10. The van der Waals surface area contributed by atoms with E-state index in [-0.39, 0.29) is 12.5 Å². The summed E-state index contributed by atoms with van der Waals surface area (Å²) in [7, 11) is 3.22. The lowest BCUT2D eigenvalue weighted by molar-refractivity contribution is 0.0950. The monoisotopic (exact) mass is 421 g/mol. The molecule has 6 nitrogen and oxygen atoms in total. The lowest BCUT2D eigenvalue weighted by Gasteiger charge is -2.15. The van der Waals surface area contributed by atoms with Gasteiger partial charge in [-0.05, 0) is 55.0 Å².